The molecule has 0 aliphatic rings. The summed E-state index contributed by atoms with van der Waals surface area (Å²) in [6.07, 6.45) is -0.0380. The van der Waals surface area contributed by atoms with Gasteiger partial charge in [0.2, 0.25) is 0 Å². The van der Waals surface area contributed by atoms with Crippen LogP contribution in [0.4, 0.5) is 0 Å². The summed E-state index contributed by atoms with van der Waals surface area (Å²) in [6.45, 7) is 2.38. The second kappa shape index (κ2) is 11.6. The molecule has 0 aromatic heterocycles. The highest BCUT2D eigenvalue weighted by Crippen LogP contribution is 2.10. The molecule has 1 unspecified atom stereocenters. The average molecular weight is 372 g/mol. The zero-order chi connectivity index (χ0) is 19.3. The highest BCUT2D eigenvalue weighted by Gasteiger charge is 2.19. The van der Waals surface area contributed by atoms with E-state index in [2.05, 4.69) is 0 Å². The second-order valence-corrected chi connectivity index (χ2v) is 5.82. The molecule has 6 heteroatoms. The van der Waals surface area contributed by atoms with Crippen molar-refractivity contribution < 1.29 is 28.5 Å². The number of hydrogen-bond donors (Lipinski definition) is 0. The molecule has 0 N–H and O–H groups in total. The van der Waals surface area contributed by atoms with Crippen molar-refractivity contribution in [2.45, 2.75) is 13.3 Å². The maximum atomic E-state index is 11.9. The maximum Gasteiger partial charge on any atom is 0.309 e. The van der Waals surface area contributed by atoms with Gasteiger partial charge in [0.1, 0.15) is 37.9 Å². The zero-order valence-electron chi connectivity index (χ0n) is 15.3. The first-order valence-electron chi connectivity index (χ1n) is 8.83. The van der Waals surface area contributed by atoms with Gasteiger partial charge in [0, 0.05) is 0 Å². The number of rotatable bonds is 11. The monoisotopic (exact) mass is 372 g/mol. The molecule has 2 rings (SSSR count). The lowest BCUT2D eigenvalue weighted by Gasteiger charge is -2.12. The van der Waals surface area contributed by atoms with Crippen LogP contribution >= 0.6 is 0 Å². The Bertz CT molecular complexity index is 686. The molecule has 1 atom stereocenters. The lowest BCUT2D eigenvalue weighted by molar-refractivity contribution is -0.155. The van der Waals surface area contributed by atoms with Gasteiger partial charge >= 0.3 is 11.9 Å². The molecular formula is C21H24O6. The number of hydrogen-bond acceptors (Lipinski definition) is 6. The number of benzene rings is 2. The van der Waals surface area contributed by atoms with Gasteiger partial charge < -0.3 is 18.9 Å². The molecule has 0 amide bonds. The third-order valence-corrected chi connectivity index (χ3v) is 3.57. The lowest BCUT2D eigenvalue weighted by atomic mass is 10.1. The Kier molecular flexibility index (Phi) is 8.69. The minimum absolute atomic E-state index is 0.0380. The summed E-state index contributed by atoms with van der Waals surface area (Å²) in [5, 5.41) is 0. The first kappa shape index (κ1) is 20.3. The van der Waals surface area contributed by atoms with E-state index in [0.29, 0.717) is 11.5 Å². The van der Waals surface area contributed by atoms with Gasteiger partial charge in [-0.2, -0.15) is 0 Å². The van der Waals surface area contributed by atoms with Crippen LogP contribution in [0.25, 0.3) is 0 Å². The van der Waals surface area contributed by atoms with Crippen LogP contribution in [0.5, 0.6) is 11.5 Å². The Morgan fingerprint density at radius 2 is 1.22 bits per heavy atom. The Morgan fingerprint density at radius 1 is 0.741 bits per heavy atom. The fraction of sp³-hybridized carbons (Fsp3) is 0.333. The van der Waals surface area contributed by atoms with Crippen LogP contribution < -0.4 is 9.47 Å². The molecule has 0 saturated carbocycles. The fourth-order valence-corrected chi connectivity index (χ4v) is 2.18. The number of para-hydroxylation sites is 2. The molecular weight excluding hydrogens is 348 g/mol. The first-order chi connectivity index (χ1) is 13.1. The smallest absolute Gasteiger partial charge is 0.309 e. The SMILES string of the molecule is CC(CC(=O)OCCOc1ccccc1)C(=O)OCCOc1ccccc1. The van der Waals surface area contributed by atoms with Crippen LogP contribution in [0.2, 0.25) is 0 Å². The molecule has 0 aliphatic carbocycles. The van der Waals surface area contributed by atoms with Crippen molar-refractivity contribution in [1.29, 1.82) is 0 Å². The molecule has 0 fully saturated rings. The summed E-state index contributed by atoms with van der Waals surface area (Å²) in [6, 6.07) is 18.5. The Labute approximate surface area is 159 Å². The largest absolute Gasteiger partial charge is 0.490 e. The van der Waals surface area contributed by atoms with Gasteiger partial charge in [-0.25, -0.2) is 0 Å². The Morgan fingerprint density at radius 3 is 1.74 bits per heavy atom. The van der Waals surface area contributed by atoms with Crippen LogP contribution in [-0.2, 0) is 19.1 Å². The van der Waals surface area contributed by atoms with Crippen molar-refractivity contribution in [3.8, 4) is 11.5 Å². The molecule has 0 saturated heterocycles. The topological polar surface area (TPSA) is 71.1 Å². The molecule has 6 nitrogen and oxygen atoms in total. The van der Waals surface area contributed by atoms with Crippen molar-refractivity contribution in [2.24, 2.45) is 5.92 Å². The van der Waals surface area contributed by atoms with Crippen molar-refractivity contribution >= 4 is 11.9 Å². The minimum Gasteiger partial charge on any atom is -0.490 e. The molecule has 144 valence electrons. The van der Waals surface area contributed by atoms with E-state index in [1.165, 1.54) is 0 Å². The summed E-state index contributed by atoms with van der Waals surface area (Å²) in [5.41, 5.74) is 0. The van der Waals surface area contributed by atoms with Gasteiger partial charge in [-0.3, -0.25) is 9.59 Å². The van der Waals surface area contributed by atoms with Gasteiger partial charge in [0.25, 0.3) is 0 Å². The normalized spacial score (nSPS) is 11.3. The van der Waals surface area contributed by atoms with Crippen molar-refractivity contribution in [1.82, 2.24) is 0 Å². The highest BCUT2D eigenvalue weighted by atomic mass is 16.6. The number of carbonyl (C=O) groups is 2. The third kappa shape index (κ3) is 8.27. The van der Waals surface area contributed by atoms with Gasteiger partial charge in [-0.15, -0.1) is 0 Å². The molecule has 27 heavy (non-hydrogen) atoms. The molecule has 0 spiro atoms. The van der Waals surface area contributed by atoms with Gasteiger partial charge in [-0.05, 0) is 24.3 Å². The van der Waals surface area contributed by atoms with E-state index in [1.807, 2.05) is 60.7 Å². The van der Waals surface area contributed by atoms with E-state index in [1.54, 1.807) is 6.92 Å². The van der Waals surface area contributed by atoms with E-state index in [0.717, 1.165) is 0 Å². The van der Waals surface area contributed by atoms with Crippen molar-refractivity contribution in [2.75, 3.05) is 26.4 Å². The number of ether oxygens (including phenoxy) is 4. The lowest BCUT2D eigenvalue weighted by Crippen LogP contribution is -2.22. The summed E-state index contributed by atoms with van der Waals surface area (Å²) >= 11 is 0. The van der Waals surface area contributed by atoms with E-state index in [9.17, 15) is 9.59 Å². The first-order valence-corrected chi connectivity index (χ1v) is 8.83. The van der Waals surface area contributed by atoms with Crippen LogP contribution in [-0.4, -0.2) is 38.4 Å². The van der Waals surface area contributed by atoms with Crippen molar-refractivity contribution in [3.63, 3.8) is 0 Å². The second-order valence-electron chi connectivity index (χ2n) is 5.82. The standard InChI is InChI=1S/C21H24O6/c1-17(21(23)27-15-13-25-19-10-6-3-7-11-19)16-20(22)26-14-12-24-18-8-4-2-5-9-18/h2-11,17H,12-16H2,1H3. The highest BCUT2D eigenvalue weighted by molar-refractivity contribution is 5.79. The molecule has 2 aromatic rings. The van der Waals surface area contributed by atoms with Crippen LogP contribution in [0.15, 0.2) is 60.7 Å². The van der Waals surface area contributed by atoms with E-state index in [4.69, 9.17) is 18.9 Å². The predicted octanol–water partition coefficient (Wildman–Crippen LogP) is 3.26. The summed E-state index contributed by atoms with van der Waals surface area (Å²) in [4.78, 5) is 23.7. The molecule has 0 heterocycles. The minimum atomic E-state index is -0.579. The van der Waals surface area contributed by atoms with Crippen molar-refractivity contribution in [3.05, 3.63) is 60.7 Å². The summed E-state index contributed by atoms with van der Waals surface area (Å²) < 4.78 is 21.0. The average Bonchev–Trinajstić information content (AvgIpc) is 2.70. The zero-order valence-corrected chi connectivity index (χ0v) is 15.3. The number of carbonyl (C=O) groups excluding carboxylic acids is 2. The Balaban J connectivity index is 1.54. The molecule has 2 aromatic carbocycles. The van der Waals surface area contributed by atoms with Gasteiger partial charge in [0.05, 0.1) is 12.3 Å². The molecule has 0 radical (unpaired) electrons. The van der Waals surface area contributed by atoms with E-state index < -0.39 is 17.9 Å². The maximum absolute atomic E-state index is 11.9. The van der Waals surface area contributed by atoms with Crippen LogP contribution in [0, 0.1) is 5.92 Å². The molecule has 0 aliphatic heterocycles. The Hall–Kier alpha value is -3.02. The van der Waals surface area contributed by atoms with E-state index in [-0.39, 0.29) is 32.8 Å². The summed E-state index contributed by atoms with van der Waals surface area (Å²) in [5.74, 6) is -0.0730. The number of esters is 2. The summed E-state index contributed by atoms with van der Waals surface area (Å²) in [7, 11) is 0. The van der Waals surface area contributed by atoms with Crippen LogP contribution in [0.1, 0.15) is 13.3 Å². The fourth-order valence-electron chi connectivity index (χ4n) is 2.18. The van der Waals surface area contributed by atoms with Gasteiger partial charge in [0.15, 0.2) is 0 Å². The predicted molar refractivity (Wildman–Crippen MR) is 99.6 cm³/mol. The third-order valence-electron chi connectivity index (χ3n) is 3.57. The van der Waals surface area contributed by atoms with Gasteiger partial charge in [-0.1, -0.05) is 43.3 Å². The molecule has 0 bridgehead atoms. The van der Waals surface area contributed by atoms with E-state index >= 15 is 0 Å². The quantitative estimate of drug-likeness (QED) is 0.445. The van der Waals surface area contributed by atoms with Crippen LogP contribution in [0.3, 0.4) is 0 Å².